The van der Waals surface area contributed by atoms with E-state index in [0.29, 0.717) is 6.42 Å². The Morgan fingerprint density at radius 3 is 2.72 bits per heavy atom. The lowest BCUT2D eigenvalue weighted by molar-refractivity contribution is -0.134. The Bertz CT molecular complexity index is 823. The minimum Gasteiger partial charge on any atom is -0.348 e. The van der Waals surface area contributed by atoms with Crippen LogP contribution in [-0.2, 0) is 17.8 Å². The second-order valence-electron chi connectivity index (χ2n) is 6.46. The van der Waals surface area contributed by atoms with Gasteiger partial charge < -0.3 is 9.47 Å². The number of carbonyl (C=O) groups is 1. The molecule has 0 bridgehead atoms. The number of thiophene rings is 1. The summed E-state index contributed by atoms with van der Waals surface area (Å²) in [7, 11) is 0. The van der Waals surface area contributed by atoms with Crippen LogP contribution in [0.2, 0.25) is 0 Å². The lowest BCUT2D eigenvalue weighted by Gasteiger charge is -2.37. The van der Waals surface area contributed by atoms with Crippen LogP contribution in [0.1, 0.15) is 35.0 Å². The Morgan fingerprint density at radius 2 is 1.92 bits per heavy atom. The standard InChI is InChI=1S/C21H22N2OS/c24-20(12-4-9-18-10-6-16-25-18)23-15-14-22-13-5-11-19(22)21(23)17-7-2-1-3-8-17/h1-3,5-8,10-11,13,16,21H,4,9,12,14-15H2. The van der Waals surface area contributed by atoms with E-state index in [1.165, 1.54) is 16.1 Å². The van der Waals surface area contributed by atoms with Gasteiger partial charge >= 0.3 is 0 Å². The van der Waals surface area contributed by atoms with Crippen LogP contribution in [0.25, 0.3) is 0 Å². The Hall–Kier alpha value is -2.33. The molecule has 0 fully saturated rings. The van der Waals surface area contributed by atoms with E-state index in [-0.39, 0.29) is 11.9 Å². The monoisotopic (exact) mass is 350 g/mol. The molecule has 1 aliphatic heterocycles. The Kier molecular flexibility index (Phi) is 4.70. The highest BCUT2D eigenvalue weighted by atomic mass is 32.1. The van der Waals surface area contributed by atoms with Gasteiger partial charge in [0, 0.05) is 36.3 Å². The lowest BCUT2D eigenvalue weighted by Crippen LogP contribution is -2.42. The maximum absolute atomic E-state index is 13.0. The van der Waals surface area contributed by atoms with Gasteiger partial charge in [0.2, 0.25) is 5.91 Å². The fourth-order valence-electron chi connectivity index (χ4n) is 3.65. The largest absolute Gasteiger partial charge is 0.348 e. The summed E-state index contributed by atoms with van der Waals surface area (Å²) in [5, 5.41) is 2.10. The summed E-state index contributed by atoms with van der Waals surface area (Å²) in [6.45, 7) is 1.65. The average Bonchev–Trinajstić information content (AvgIpc) is 3.33. The van der Waals surface area contributed by atoms with Crippen LogP contribution in [0, 0.1) is 0 Å². The molecule has 0 spiro atoms. The second kappa shape index (κ2) is 7.28. The van der Waals surface area contributed by atoms with Crippen LogP contribution < -0.4 is 0 Å². The number of aromatic nitrogens is 1. The van der Waals surface area contributed by atoms with Crippen molar-refractivity contribution in [1.82, 2.24) is 9.47 Å². The highest BCUT2D eigenvalue weighted by Crippen LogP contribution is 2.32. The van der Waals surface area contributed by atoms with Gasteiger partial charge in [0.1, 0.15) is 0 Å². The quantitative estimate of drug-likeness (QED) is 0.665. The Morgan fingerprint density at radius 1 is 1.04 bits per heavy atom. The number of carbonyl (C=O) groups excluding carboxylic acids is 1. The van der Waals surface area contributed by atoms with Crippen LogP contribution in [0.5, 0.6) is 0 Å². The zero-order valence-electron chi connectivity index (χ0n) is 14.2. The topological polar surface area (TPSA) is 25.2 Å². The molecule has 3 aromatic rings. The van der Waals surface area contributed by atoms with Gasteiger partial charge in [-0.1, -0.05) is 36.4 Å². The van der Waals surface area contributed by atoms with Crippen LogP contribution >= 0.6 is 11.3 Å². The van der Waals surface area contributed by atoms with Gasteiger partial charge in [-0.3, -0.25) is 4.79 Å². The van der Waals surface area contributed by atoms with Crippen molar-refractivity contribution in [2.45, 2.75) is 31.8 Å². The molecule has 4 rings (SSSR count). The van der Waals surface area contributed by atoms with E-state index in [4.69, 9.17) is 0 Å². The lowest BCUT2D eigenvalue weighted by atomic mass is 9.99. The van der Waals surface area contributed by atoms with Crippen LogP contribution in [0.3, 0.4) is 0 Å². The number of fused-ring (bicyclic) bond motifs is 1. The van der Waals surface area contributed by atoms with E-state index in [2.05, 4.69) is 69.6 Å². The minimum atomic E-state index is 0.0270. The molecule has 0 saturated carbocycles. The van der Waals surface area contributed by atoms with E-state index in [0.717, 1.165) is 25.9 Å². The molecule has 128 valence electrons. The highest BCUT2D eigenvalue weighted by Gasteiger charge is 2.31. The van der Waals surface area contributed by atoms with Gasteiger partial charge in [-0.25, -0.2) is 0 Å². The molecule has 3 nitrogen and oxygen atoms in total. The van der Waals surface area contributed by atoms with Gasteiger partial charge in [-0.2, -0.15) is 0 Å². The molecule has 1 atom stereocenters. The molecule has 1 aromatic carbocycles. The maximum Gasteiger partial charge on any atom is 0.223 e. The van der Waals surface area contributed by atoms with Crippen molar-refractivity contribution in [2.75, 3.05) is 6.54 Å². The molecule has 0 saturated heterocycles. The number of nitrogens with zero attached hydrogens (tertiary/aromatic N) is 2. The summed E-state index contributed by atoms with van der Waals surface area (Å²) in [4.78, 5) is 16.4. The van der Waals surface area contributed by atoms with Crippen molar-refractivity contribution >= 4 is 17.2 Å². The van der Waals surface area contributed by atoms with E-state index >= 15 is 0 Å². The molecule has 0 N–H and O–H groups in total. The Labute approximate surface area is 152 Å². The number of hydrogen-bond donors (Lipinski definition) is 0. The fraction of sp³-hybridized carbons (Fsp3) is 0.286. The number of benzene rings is 1. The summed E-state index contributed by atoms with van der Waals surface area (Å²) in [5.74, 6) is 0.262. The third kappa shape index (κ3) is 3.40. The number of hydrogen-bond acceptors (Lipinski definition) is 2. The zero-order valence-corrected chi connectivity index (χ0v) is 15.0. The summed E-state index contributed by atoms with van der Waals surface area (Å²) in [5.41, 5.74) is 2.40. The first-order valence-electron chi connectivity index (χ1n) is 8.85. The molecular formula is C21H22N2OS. The van der Waals surface area contributed by atoms with Crippen molar-refractivity contribution in [1.29, 1.82) is 0 Å². The third-order valence-electron chi connectivity index (χ3n) is 4.87. The summed E-state index contributed by atoms with van der Waals surface area (Å²) in [6.07, 6.45) is 4.63. The second-order valence-corrected chi connectivity index (χ2v) is 7.49. The highest BCUT2D eigenvalue weighted by molar-refractivity contribution is 7.09. The summed E-state index contributed by atoms with van der Waals surface area (Å²) < 4.78 is 2.27. The normalized spacial score (nSPS) is 16.6. The molecule has 0 radical (unpaired) electrons. The van der Waals surface area contributed by atoms with Gasteiger partial charge in [-0.15, -0.1) is 11.3 Å². The molecule has 0 aliphatic carbocycles. The van der Waals surface area contributed by atoms with Crippen LogP contribution in [-0.4, -0.2) is 21.9 Å². The minimum absolute atomic E-state index is 0.0270. The number of rotatable bonds is 5. The summed E-state index contributed by atoms with van der Waals surface area (Å²) in [6, 6.07) is 18.9. The van der Waals surface area contributed by atoms with Crippen LogP contribution in [0.15, 0.2) is 66.2 Å². The smallest absolute Gasteiger partial charge is 0.223 e. The van der Waals surface area contributed by atoms with E-state index in [1.54, 1.807) is 11.3 Å². The van der Waals surface area contributed by atoms with Crippen molar-refractivity contribution < 1.29 is 4.79 Å². The van der Waals surface area contributed by atoms with Crippen LogP contribution in [0.4, 0.5) is 0 Å². The van der Waals surface area contributed by atoms with Gasteiger partial charge in [-0.05, 0) is 42.0 Å². The predicted molar refractivity (Wildman–Crippen MR) is 102 cm³/mol. The molecule has 1 unspecified atom stereocenters. The van der Waals surface area contributed by atoms with Crippen molar-refractivity contribution in [3.63, 3.8) is 0 Å². The Balaban J connectivity index is 1.52. The first-order chi connectivity index (χ1) is 12.3. The molecular weight excluding hydrogens is 328 g/mol. The zero-order chi connectivity index (χ0) is 17.1. The predicted octanol–water partition coefficient (Wildman–Crippen LogP) is 4.50. The third-order valence-corrected chi connectivity index (χ3v) is 5.80. The van der Waals surface area contributed by atoms with Gasteiger partial charge in [0.05, 0.1) is 6.04 Å². The first-order valence-corrected chi connectivity index (χ1v) is 9.73. The van der Waals surface area contributed by atoms with Gasteiger partial charge in [0.25, 0.3) is 0 Å². The SMILES string of the molecule is O=C(CCCc1cccs1)N1CCn2cccc2C1c1ccccc1. The van der Waals surface area contributed by atoms with Crippen molar-refractivity contribution in [3.8, 4) is 0 Å². The average molecular weight is 350 g/mol. The fourth-order valence-corrected chi connectivity index (χ4v) is 4.40. The molecule has 2 aromatic heterocycles. The van der Waals surface area contributed by atoms with E-state index in [1.807, 2.05) is 6.07 Å². The first kappa shape index (κ1) is 16.2. The number of amides is 1. The maximum atomic E-state index is 13.0. The van der Waals surface area contributed by atoms with E-state index in [9.17, 15) is 4.79 Å². The molecule has 1 aliphatic rings. The molecule has 4 heteroatoms. The molecule has 3 heterocycles. The van der Waals surface area contributed by atoms with Crippen molar-refractivity contribution in [2.24, 2.45) is 0 Å². The van der Waals surface area contributed by atoms with Crippen molar-refractivity contribution in [3.05, 3.63) is 82.3 Å². The summed E-state index contributed by atoms with van der Waals surface area (Å²) >= 11 is 1.77. The number of aryl methyl sites for hydroxylation is 1. The van der Waals surface area contributed by atoms with E-state index < -0.39 is 0 Å². The van der Waals surface area contributed by atoms with Gasteiger partial charge in [0.15, 0.2) is 0 Å². The molecule has 1 amide bonds. The molecule has 25 heavy (non-hydrogen) atoms.